The van der Waals surface area contributed by atoms with E-state index in [1.54, 1.807) is 6.08 Å². The number of carbonyl (C=O) groups is 1. The first-order valence-corrected chi connectivity index (χ1v) is 8.08. The molecule has 0 spiro atoms. The first-order valence-electron chi connectivity index (χ1n) is 8.08. The Kier molecular flexibility index (Phi) is 6.73. The summed E-state index contributed by atoms with van der Waals surface area (Å²) in [6.45, 7) is 2.70. The molecule has 136 valence electrons. The van der Waals surface area contributed by atoms with Crippen LogP contribution in [0.2, 0.25) is 0 Å². The summed E-state index contributed by atoms with van der Waals surface area (Å²) >= 11 is 0. The fraction of sp³-hybridized carbons (Fsp3) is 0.211. The molecule has 0 radical (unpaired) electrons. The van der Waals surface area contributed by atoms with Crippen LogP contribution in [0.15, 0.2) is 48.5 Å². The van der Waals surface area contributed by atoms with Gasteiger partial charge in [-0.3, -0.25) is 14.9 Å². The number of carbonyl (C=O) groups excluding carboxylic acids is 1. The van der Waals surface area contributed by atoms with Crippen molar-refractivity contribution < 1.29 is 19.2 Å². The highest BCUT2D eigenvalue weighted by Gasteiger charge is 2.12. The smallest absolute Gasteiger partial charge is 0.273 e. The SMILES string of the molecule is CCCOc1ccc(C=CC(=O)Nc2ccc([N+](=O)[O-])cc2OC)cc1. The zero-order valence-electron chi connectivity index (χ0n) is 14.6. The van der Waals surface area contributed by atoms with Crippen LogP contribution in [0, 0.1) is 10.1 Å². The molecular weight excluding hydrogens is 336 g/mol. The molecule has 2 aromatic carbocycles. The van der Waals surface area contributed by atoms with E-state index in [2.05, 4.69) is 5.32 Å². The van der Waals surface area contributed by atoms with Crippen molar-refractivity contribution in [2.24, 2.45) is 0 Å². The van der Waals surface area contributed by atoms with Crippen LogP contribution in [0.3, 0.4) is 0 Å². The standard InChI is InChI=1S/C19H20N2O5/c1-3-12-26-16-8-4-14(5-9-16)6-11-19(22)20-17-10-7-15(21(23)24)13-18(17)25-2/h4-11,13H,3,12H2,1-2H3,(H,20,22). The molecule has 0 bridgehead atoms. The number of rotatable bonds is 8. The molecule has 26 heavy (non-hydrogen) atoms. The minimum absolute atomic E-state index is 0.110. The van der Waals surface area contributed by atoms with E-state index in [9.17, 15) is 14.9 Å². The highest BCUT2D eigenvalue weighted by molar-refractivity contribution is 6.02. The second kappa shape index (κ2) is 9.22. The Bertz CT molecular complexity index is 800. The van der Waals surface area contributed by atoms with E-state index in [1.165, 1.54) is 31.4 Å². The summed E-state index contributed by atoms with van der Waals surface area (Å²) in [5.74, 6) is 0.630. The Balaban J connectivity index is 2.01. The molecule has 0 heterocycles. The van der Waals surface area contributed by atoms with Crippen LogP contribution in [0.4, 0.5) is 11.4 Å². The van der Waals surface area contributed by atoms with E-state index in [1.807, 2.05) is 31.2 Å². The lowest BCUT2D eigenvalue weighted by Crippen LogP contribution is -2.09. The number of ether oxygens (including phenoxy) is 2. The maximum atomic E-state index is 12.1. The largest absolute Gasteiger partial charge is 0.494 e. The molecule has 0 aliphatic heterocycles. The van der Waals surface area contributed by atoms with Crippen molar-refractivity contribution in [1.29, 1.82) is 0 Å². The number of nitro groups is 1. The Morgan fingerprint density at radius 3 is 2.58 bits per heavy atom. The van der Waals surface area contributed by atoms with Gasteiger partial charge in [-0.1, -0.05) is 19.1 Å². The third-order valence-corrected chi connectivity index (χ3v) is 3.43. The van der Waals surface area contributed by atoms with Gasteiger partial charge in [0.15, 0.2) is 0 Å². The molecule has 0 unspecified atom stereocenters. The number of methoxy groups -OCH3 is 1. The Morgan fingerprint density at radius 1 is 1.23 bits per heavy atom. The van der Waals surface area contributed by atoms with Crippen molar-refractivity contribution in [1.82, 2.24) is 0 Å². The van der Waals surface area contributed by atoms with Crippen molar-refractivity contribution >= 4 is 23.4 Å². The molecule has 0 fully saturated rings. The zero-order chi connectivity index (χ0) is 18.9. The van der Waals surface area contributed by atoms with E-state index in [0.717, 1.165) is 17.7 Å². The first-order chi connectivity index (χ1) is 12.5. The van der Waals surface area contributed by atoms with E-state index in [0.29, 0.717) is 12.3 Å². The van der Waals surface area contributed by atoms with E-state index < -0.39 is 4.92 Å². The average Bonchev–Trinajstić information content (AvgIpc) is 2.65. The quantitative estimate of drug-likeness (QED) is 0.438. The molecule has 0 atom stereocenters. The van der Waals surface area contributed by atoms with Gasteiger partial charge in [0.05, 0.1) is 30.4 Å². The summed E-state index contributed by atoms with van der Waals surface area (Å²) in [5.41, 5.74) is 1.09. The minimum Gasteiger partial charge on any atom is -0.494 e. The summed E-state index contributed by atoms with van der Waals surface area (Å²) in [6.07, 6.45) is 3.98. The van der Waals surface area contributed by atoms with Gasteiger partial charge in [0, 0.05) is 12.1 Å². The number of hydrogen-bond donors (Lipinski definition) is 1. The summed E-state index contributed by atoms with van der Waals surface area (Å²) in [5, 5.41) is 13.4. The van der Waals surface area contributed by atoms with Gasteiger partial charge >= 0.3 is 0 Å². The molecule has 1 amide bonds. The molecule has 2 rings (SSSR count). The zero-order valence-corrected chi connectivity index (χ0v) is 14.6. The monoisotopic (exact) mass is 356 g/mol. The van der Waals surface area contributed by atoms with Gasteiger partial charge in [-0.2, -0.15) is 0 Å². The van der Waals surface area contributed by atoms with Gasteiger partial charge in [-0.15, -0.1) is 0 Å². The summed E-state index contributed by atoms with van der Waals surface area (Å²) in [4.78, 5) is 22.3. The number of nitro benzene ring substituents is 1. The van der Waals surface area contributed by atoms with E-state index in [4.69, 9.17) is 9.47 Å². The van der Waals surface area contributed by atoms with E-state index in [-0.39, 0.29) is 17.3 Å². The number of amides is 1. The summed E-state index contributed by atoms with van der Waals surface area (Å²) < 4.78 is 10.6. The topological polar surface area (TPSA) is 90.7 Å². The van der Waals surface area contributed by atoms with Gasteiger partial charge < -0.3 is 14.8 Å². The lowest BCUT2D eigenvalue weighted by molar-refractivity contribution is -0.384. The second-order valence-electron chi connectivity index (χ2n) is 5.38. The van der Waals surface area contributed by atoms with Gasteiger partial charge in [0.1, 0.15) is 11.5 Å². The molecule has 7 heteroatoms. The molecule has 0 aliphatic rings. The predicted molar refractivity (Wildman–Crippen MR) is 99.5 cm³/mol. The Hall–Kier alpha value is -3.35. The fourth-order valence-corrected chi connectivity index (χ4v) is 2.14. The van der Waals surface area contributed by atoms with Crippen LogP contribution in [-0.4, -0.2) is 24.5 Å². The van der Waals surface area contributed by atoms with Crippen LogP contribution >= 0.6 is 0 Å². The molecule has 0 aromatic heterocycles. The van der Waals surface area contributed by atoms with Crippen LogP contribution in [0.1, 0.15) is 18.9 Å². The molecule has 0 saturated heterocycles. The third-order valence-electron chi connectivity index (χ3n) is 3.43. The minimum atomic E-state index is -0.526. The van der Waals surface area contributed by atoms with Crippen molar-refractivity contribution in [3.05, 3.63) is 64.2 Å². The van der Waals surface area contributed by atoms with Gasteiger partial charge in [0.25, 0.3) is 5.69 Å². The Morgan fingerprint density at radius 2 is 1.96 bits per heavy atom. The molecule has 2 aromatic rings. The lowest BCUT2D eigenvalue weighted by Gasteiger charge is -2.08. The molecule has 1 N–H and O–H groups in total. The average molecular weight is 356 g/mol. The van der Waals surface area contributed by atoms with E-state index >= 15 is 0 Å². The number of nitrogens with zero attached hydrogens (tertiary/aromatic N) is 1. The third kappa shape index (κ3) is 5.34. The molecule has 7 nitrogen and oxygen atoms in total. The van der Waals surface area contributed by atoms with Crippen LogP contribution in [0.25, 0.3) is 6.08 Å². The maximum Gasteiger partial charge on any atom is 0.273 e. The van der Waals surface area contributed by atoms with Crippen molar-refractivity contribution in [3.8, 4) is 11.5 Å². The van der Waals surface area contributed by atoms with Crippen LogP contribution in [-0.2, 0) is 4.79 Å². The number of non-ortho nitro benzene ring substituents is 1. The normalized spacial score (nSPS) is 10.5. The van der Waals surface area contributed by atoms with Crippen LogP contribution < -0.4 is 14.8 Å². The summed E-state index contributed by atoms with van der Waals surface area (Å²) in [7, 11) is 1.38. The van der Waals surface area contributed by atoms with Crippen molar-refractivity contribution in [2.45, 2.75) is 13.3 Å². The highest BCUT2D eigenvalue weighted by Crippen LogP contribution is 2.29. The van der Waals surface area contributed by atoms with Crippen molar-refractivity contribution in [2.75, 3.05) is 19.0 Å². The highest BCUT2D eigenvalue weighted by atomic mass is 16.6. The number of nitrogens with one attached hydrogen (secondary N) is 1. The van der Waals surface area contributed by atoms with Crippen LogP contribution in [0.5, 0.6) is 11.5 Å². The first kappa shape index (κ1) is 19.0. The molecular formula is C19H20N2O5. The molecule has 0 saturated carbocycles. The fourth-order valence-electron chi connectivity index (χ4n) is 2.14. The Labute approximate surface area is 151 Å². The lowest BCUT2D eigenvalue weighted by atomic mass is 10.2. The van der Waals surface area contributed by atoms with Gasteiger partial charge in [-0.05, 0) is 36.3 Å². The van der Waals surface area contributed by atoms with Gasteiger partial charge in [-0.25, -0.2) is 0 Å². The predicted octanol–water partition coefficient (Wildman–Crippen LogP) is 4.04. The summed E-state index contributed by atoms with van der Waals surface area (Å²) in [6, 6.07) is 11.4. The number of benzene rings is 2. The second-order valence-corrected chi connectivity index (χ2v) is 5.38. The molecule has 0 aliphatic carbocycles. The van der Waals surface area contributed by atoms with Gasteiger partial charge in [0.2, 0.25) is 5.91 Å². The number of anilines is 1. The maximum absolute atomic E-state index is 12.1. The van der Waals surface area contributed by atoms with Crippen molar-refractivity contribution in [3.63, 3.8) is 0 Å². The number of hydrogen-bond acceptors (Lipinski definition) is 5.